The normalized spacial score (nSPS) is 12.0. The van der Waals surface area contributed by atoms with Gasteiger partial charge in [-0.2, -0.15) is 37.3 Å². The molecule has 0 aliphatic carbocycles. The van der Waals surface area contributed by atoms with E-state index in [0.717, 1.165) is 53.1 Å². The predicted molar refractivity (Wildman–Crippen MR) is 179 cm³/mol. The Hall–Kier alpha value is -3.94. The summed E-state index contributed by atoms with van der Waals surface area (Å²) in [7, 11) is -9.19. The summed E-state index contributed by atoms with van der Waals surface area (Å²) in [5.74, 6) is -2.21. The van der Waals surface area contributed by atoms with Crippen LogP contribution in [0.15, 0.2) is 121 Å². The molecule has 14 nitrogen and oxygen atoms in total. The summed E-state index contributed by atoms with van der Waals surface area (Å²) in [6.07, 6.45) is 0.524. The average molecular weight is 759 g/mol. The number of phenolic OH excluding ortho intramolecular Hbond substituents is 2. The van der Waals surface area contributed by atoms with Gasteiger partial charge in [0.05, 0.1) is 43.3 Å². The van der Waals surface area contributed by atoms with Crippen LogP contribution in [0, 0.1) is 6.92 Å². The number of nitrogens with zero attached hydrogens (tertiary/aromatic N) is 4. The van der Waals surface area contributed by atoms with Crippen LogP contribution in [-0.2, 0) is 26.7 Å². The van der Waals surface area contributed by atoms with Crippen LogP contribution in [0.5, 0.6) is 23.0 Å². The van der Waals surface area contributed by atoms with Crippen molar-refractivity contribution in [3.05, 3.63) is 108 Å². The molecular formula is C34H24N4Na2O10S2. The zero-order valence-corrected chi connectivity index (χ0v) is 33.3. The van der Waals surface area contributed by atoms with Gasteiger partial charge in [-0.25, -0.2) is 0 Å². The van der Waals surface area contributed by atoms with Gasteiger partial charge < -0.3 is 20.4 Å². The smallest absolute Gasteiger partial charge is 0.871 e. The minimum atomic E-state index is -4.60. The summed E-state index contributed by atoms with van der Waals surface area (Å²) in [5, 5.41) is 62.7. The first-order chi connectivity index (χ1) is 23.6. The van der Waals surface area contributed by atoms with Gasteiger partial charge in [0.15, 0.2) is 0 Å². The number of phenols is 2. The molecule has 0 saturated heterocycles. The van der Waals surface area contributed by atoms with Gasteiger partial charge in [-0.1, -0.05) is 54.0 Å². The quantitative estimate of drug-likeness (QED) is 0.0966. The Morgan fingerprint density at radius 1 is 0.577 bits per heavy atom. The minimum Gasteiger partial charge on any atom is -0.871 e. The number of aryl methyl sites for hydroxylation is 1. The maximum atomic E-state index is 12.6. The fraction of sp³-hybridized carbons (Fsp3) is 0.0588. The molecule has 0 bridgehead atoms. The van der Waals surface area contributed by atoms with E-state index in [2.05, 4.69) is 20.5 Å². The van der Waals surface area contributed by atoms with Crippen LogP contribution in [-0.4, -0.2) is 36.2 Å². The summed E-state index contributed by atoms with van der Waals surface area (Å²) in [6.45, 7) is 1.87. The van der Waals surface area contributed by atoms with Crippen LogP contribution in [0.4, 0.5) is 22.7 Å². The monoisotopic (exact) mass is 758 g/mol. The van der Waals surface area contributed by atoms with Gasteiger partial charge in [-0.15, -0.1) is 0 Å². The Bertz CT molecular complexity index is 2640. The fourth-order valence-corrected chi connectivity index (χ4v) is 6.38. The molecule has 0 atom stereocenters. The van der Waals surface area contributed by atoms with E-state index in [-0.39, 0.29) is 92.0 Å². The molecule has 0 heterocycles. The zero-order valence-electron chi connectivity index (χ0n) is 27.7. The Morgan fingerprint density at radius 3 is 1.46 bits per heavy atom. The molecule has 0 radical (unpaired) electrons. The van der Waals surface area contributed by atoms with Crippen LogP contribution >= 0.6 is 0 Å². The Labute approximate surface area is 341 Å². The van der Waals surface area contributed by atoms with Crippen LogP contribution in [0.2, 0.25) is 0 Å². The second-order valence-corrected chi connectivity index (χ2v) is 14.1. The van der Waals surface area contributed by atoms with E-state index in [9.17, 15) is 46.4 Å². The minimum absolute atomic E-state index is 0. The summed E-state index contributed by atoms with van der Waals surface area (Å²) < 4.78 is 64.8. The van der Waals surface area contributed by atoms with Crippen molar-refractivity contribution in [1.82, 2.24) is 0 Å². The third kappa shape index (κ3) is 8.80. The number of hydrogen-bond donors (Lipinski definition) is 4. The summed E-state index contributed by atoms with van der Waals surface area (Å²) in [5.41, 5.74) is 3.15. The van der Waals surface area contributed by atoms with Crippen LogP contribution in [0.1, 0.15) is 16.7 Å². The topological polar surface area (TPSA) is 245 Å². The molecule has 0 aliphatic rings. The van der Waals surface area contributed by atoms with Crippen molar-refractivity contribution in [3.8, 4) is 23.0 Å². The van der Waals surface area contributed by atoms with Crippen molar-refractivity contribution in [2.24, 2.45) is 20.5 Å². The van der Waals surface area contributed by atoms with E-state index in [1.807, 2.05) is 25.1 Å². The number of fused-ring (bicyclic) bond motifs is 2. The Kier molecular flexibility index (Phi) is 12.5. The molecule has 0 spiro atoms. The Balaban J connectivity index is 0.00000302. The summed E-state index contributed by atoms with van der Waals surface area (Å²) >= 11 is 0. The number of azo groups is 2. The maximum Gasteiger partial charge on any atom is 1.00 e. The van der Waals surface area contributed by atoms with Crippen molar-refractivity contribution < 1.29 is 105 Å². The molecule has 0 fully saturated rings. The second kappa shape index (κ2) is 16.0. The molecule has 52 heavy (non-hydrogen) atoms. The second-order valence-electron chi connectivity index (χ2n) is 11.2. The molecule has 0 amide bonds. The molecule has 6 aromatic carbocycles. The number of rotatable bonds is 8. The molecule has 6 aromatic rings. The van der Waals surface area contributed by atoms with Crippen molar-refractivity contribution in [2.45, 2.75) is 23.1 Å². The number of benzene rings is 6. The predicted octanol–water partition coefficient (Wildman–Crippen LogP) is 0.783. The molecule has 0 unspecified atom stereocenters. The largest absolute Gasteiger partial charge is 1.00 e. The number of aromatic hydroxyl groups is 2. The van der Waals surface area contributed by atoms with Gasteiger partial charge in [-0.3, -0.25) is 9.11 Å². The van der Waals surface area contributed by atoms with E-state index >= 15 is 0 Å². The molecule has 0 aromatic heterocycles. The molecule has 18 heteroatoms. The SMILES string of the molecule is Cc1cc(N=Nc2c([O-])ccc3cc(S(=O)(=O)O)cc(O)c23)ccc1Cc1ccc(N=Nc2c([O-])ccc3cc(S(=O)(=O)O)cc(O)c23)cc1.[Na+].[Na+]. The van der Waals surface area contributed by atoms with E-state index in [0.29, 0.717) is 17.8 Å². The standard InChI is InChI=1S/C34H26N4O10S2.2Na/c1-18-12-24(36-38-34-28(40)11-6-22-15-26(50(46,47)48)17-30(42)32(22)34)9-4-20(18)13-19-2-7-23(8-3-19)35-37-33-27(39)10-5-21-14-25(49(43,44)45)16-29(41)31(21)33;;/h2-12,14-17,39-42H,13H2,1H3,(H,43,44,45)(H,46,47,48);;/q;2*+1/p-2. The third-order valence-corrected chi connectivity index (χ3v) is 9.46. The molecule has 6 rings (SSSR count). The molecular weight excluding hydrogens is 735 g/mol. The van der Waals surface area contributed by atoms with Gasteiger partial charge >= 0.3 is 59.1 Å². The maximum absolute atomic E-state index is 12.6. The first-order valence-electron chi connectivity index (χ1n) is 14.5. The average Bonchev–Trinajstić information content (AvgIpc) is 3.05. The van der Waals surface area contributed by atoms with Crippen LogP contribution in [0.25, 0.3) is 21.5 Å². The first-order valence-corrected chi connectivity index (χ1v) is 17.4. The fourth-order valence-electron chi connectivity index (χ4n) is 5.31. The molecule has 0 saturated carbocycles. The molecule has 0 aliphatic heterocycles. The van der Waals surface area contributed by atoms with Crippen molar-refractivity contribution in [3.63, 3.8) is 0 Å². The number of hydrogen-bond acceptors (Lipinski definition) is 12. The van der Waals surface area contributed by atoms with Crippen molar-refractivity contribution in [2.75, 3.05) is 0 Å². The van der Waals surface area contributed by atoms with Crippen molar-refractivity contribution >= 4 is 64.5 Å². The van der Waals surface area contributed by atoms with E-state index in [1.165, 1.54) is 12.1 Å². The molecule has 254 valence electrons. The van der Waals surface area contributed by atoms with E-state index in [4.69, 9.17) is 0 Å². The first kappa shape index (κ1) is 40.8. The zero-order chi connectivity index (χ0) is 36.0. The van der Waals surface area contributed by atoms with Gasteiger partial charge in [0.25, 0.3) is 20.2 Å². The third-order valence-electron chi connectivity index (χ3n) is 7.80. The van der Waals surface area contributed by atoms with Crippen LogP contribution in [0.3, 0.4) is 0 Å². The van der Waals surface area contributed by atoms with Crippen LogP contribution < -0.4 is 69.3 Å². The molecule has 4 N–H and O–H groups in total. The van der Waals surface area contributed by atoms with E-state index < -0.39 is 53.0 Å². The summed E-state index contributed by atoms with van der Waals surface area (Å²) in [4.78, 5) is -1.06. The van der Waals surface area contributed by atoms with Gasteiger partial charge in [0.1, 0.15) is 11.5 Å². The van der Waals surface area contributed by atoms with Crippen molar-refractivity contribution in [1.29, 1.82) is 0 Å². The Morgan fingerprint density at radius 2 is 1.02 bits per heavy atom. The van der Waals surface area contributed by atoms with Gasteiger partial charge in [0.2, 0.25) is 0 Å². The van der Waals surface area contributed by atoms with E-state index in [1.54, 1.807) is 24.3 Å². The summed E-state index contributed by atoms with van der Waals surface area (Å²) in [6, 6.07) is 21.1. The van der Waals surface area contributed by atoms with Gasteiger partial charge in [0, 0.05) is 12.1 Å². The van der Waals surface area contributed by atoms with Gasteiger partial charge in [-0.05, 0) is 77.2 Å².